The molecule has 3 rings (SSSR count). The quantitative estimate of drug-likeness (QED) is 0.708. The van der Waals surface area contributed by atoms with Crippen LogP contribution in [0.25, 0.3) is 17.2 Å². The Morgan fingerprint density at radius 3 is 2.95 bits per heavy atom. The van der Waals surface area contributed by atoms with Crippen molar-refractivity contribution in [1.82, 2.24) is 19.4 Å². The molecule has 0 atom stereocenters. The van der Waals surface area contributed by atoms with Gasteiger partial charge in [0, 0.05) is 12.4 Å². The summed E-state index contributed by atoms with van der Waals surface area (Å²) in [6.45, 7) is 1.98. The highest BCUT2D eigenvalue weighted by Crippen LogP contribution is 2.16. The van der Waals surface area contributed by atoms with Gasteiger partial charge in [0.05, 0.1) is 9.26 Å². The van der Waals surface area contributed by atoms with Gasteiger partial charge >= 0.3 is 0 Å². The lowest BCUT2D eigenvalue weighted by Crippen LogP contribution is -2.16. The first-order valence-electron chi connectivity index (χ1n) is 5.92. The van der Waals surface area contributed by atoms with Crippen molar-refractivity contribution >= 4 is 28.2 Å². The lowest BCUT2D eigenvalue weighted by Gasteiger charge is -2.02. The molecule has 0 unspecified atom stereocenters. The summed E-state index contributed by atoms with van der Waals surface area (Å²) in [6, 6.07) is 5.77. The Morgan fingerprint density at radius 2 is 2.21 bits per heavy atom. The van der Waals surface area contributed by atoms with Crippen molar-refractivity contribution in [3.05, 3.63) is 50.2 Å². The van der Waals surface area contributed by atoms with E-state index in [1.165, 1.54) is 0 Å². The van der Waals surface area contributed by atoms with Crippen molar-refractivity contribution in [2.45, 2.75) is 13.3 Å². The number of aryl methyl sites for hydroxylation is 1. The molecule has 3 aromatic rings. The van der Waals surface area contributed by atoms with E-state index in [2.05, 4.69) is 15.0 Å². The minimum atomic E-state index is -0.112. The van der Waals surface area contributed by atoms with Crippen LogP contribution in [0, 0.1) is 3.57 Å². The first-order valence-corrected chi connectivity index (χ1v) is 6.99. The Labute approximate surface area is 122 Å². The predicted octanol–water partition coefficient (Wildman–Crippen LogP) is 2.25. The Balaban J connectivity index is 2.21. The van der Waals surface area contributed by atoms with E-state index in [1.807, 2.05) is 64.5 Å². The van der Waals surface area contributed by atoms with Gasteiger partial charge in [0.2, 0.25) is 0 Å². The number of pyridine rings is 1. The van der Waals surface area contributed by atoms with Crippen molar-refractivity contribution in [3.63, 3.8) is 0 Å². The van der Waals surface area contributed by atoms with Gasteiger partial charge < -0.3 is 9.38 Å². The fraction of sp³-hybridized carbons (Fsp3) is 0.154. The molecule has 6 heteroatoms. The van der Waals surface area contributed by atoms with Gasteiger partial charge in [-0.25, -0.2) is 9.97 Å². The maximum Gasteiger partial charge on any atom is 0.264 e. The summed E-state index contributed by atoms with van der Waals surface area (Å²) in [5.41, 5.74) is 2.20. The minimum Gasteiger partial charge on any atom is -0.306 e. The van der Waals surface area contributed by atoms with Gasteiger partial charge in [-0.05, 0) is 41.1 Å². The summed E-state index contributed by atoms with van der Waals surface area (Å²) >= 11 is 2.02. The lowest BCUT2D eigenvalue weighted by atomic mass is 10.3. The average Bonchev–Trinajstić information content (AvgIpc) is 2.85. The van der Waals surface area contributed by atoms with Crippen LogP contribution in [-0.4, -0.2) is 19.4 Å². The number of aromatic nitrogens is 4. The molecule has 0 amide bonds. The zero-order chi connectivity index (χ0) is 13.4. The second kappa shape index (κ2) is 4.76. The highest BCUT2D eigenvalue weighted by Gasteiger charge is 2.11. The lowest BCUT2D eigenvalue weighted by molar-refractivity contribution is 0.964. The van der Waals surface area contributed by atoms with Crippen LogP contribution in [0.3, 0.4) is 0 Å². The molecule has 0 aliphatic heterocycles. The number of nitrogens with zero attached hydrogens (tertiary/aromatic N) is 3. The molecule has 0 saturated carbocycles. The van der Waals surface area contributed by atoms with Crippen molar-refractivity contribution < 1.29 is 0 Å². The third-order valence-electron chi connectivity index (χ3n) is 2.87. The molecule has 3 heterocycles. The van der Waals surface area contributed by atoms with Gasteiger partial charge in [-0.2, -0.15) is 0 Å². The molecular formula is C13H11IN4O. The fourth-order valence-electron chi connectivity index (χ4n) is 1.91. The second-order valence-corrected chi connectivity index (χ2v) is 5.20. The smallest absolute Gasteiger partial charge is 0.264 e. The van der Waals surface area contributed by atoms with Gasteiger partial charge in [-0.15, -0.1) is 0 Å². The Hall–Kier alpha value is -1.70. The Bertz CT molecular complexity index is 773. The minimum absolute atomic E-state index is 0.112. The van der Waals surface area contributed by atoms with Crippen molar-refractivity contribution in [3.8, 4) is 11.5 Å². The third-order valence-corrected chi connectivity index (χ3v) is 3.99. The highest BCUT2D eigenvalue weighted by atomic mass is 127. The molecule has 0 bridgehead atoms. The number of hydrogen-bond acceptors (Lipinski definition) is 3. The van der Waals surface area contributed by atoms with E-state index in [1.54, 1.807) is 0 Å². The van der Waals surface area contributed by atoms with E-state index in [9.17, 15) is 4.79 Å². The maximum absolute atomic E-state index is 11.9. The first-order chi connectivity index (χ1) is 9.19. The van der Waals surface area contributed by atoms with Crippen LogP contribution >= 0.6 is 22.6 Å². The van der Waals surface area contributed by atoms with Crippen molar-refractivity contribution in [1.29, 1.82) is 0 Å². The summed E-state index contributed by atoms with van der Waals surface area (Å²) < 4.78 is 2.55. The van der Waals surface area contributed by atoms with Crippen LogP contribution in [0.4, 0.5) is 0 Å². The largest absolute Gasteiger partial charge is 0.306 e. The van der Waals surface area contributed by atoms with Crippen LogP contribution in [0.2, 0.25) is 0 Å². The van der Waals surface area contributed by atoms with Crippen LogP contribution in [-0.2, 0) is 6.42 Å². The monoisotopic (exact) mass is 366 g/mol. The fourth-order valence-corrected chi connectivity index (χ4v) is 2.55. The van der Waals surface area contributed by atoms with E-state index < -0.39 is 0 Å². The van der Waals surface area contributed by atoms with Crippen molar-refractivity contribution in [2.24, 2.45) is 0 Å². The molecule has 3 aromatic heterocycles. The van der Waals surface area contributed by atoms with Gasteiger partial charge in [0.25, 0.3) is 5.56 Å². The standard InChI is InChI=1S/C13H11IN4O/c1-2-8-11(14)13(19)17-12(16-8)9-7-18-6-4-3-5-10(18)15-9/h3-7H,2H2,1H3,(H,16,17,19). The number of fused-ring (bicyclic) bond motifs is 1. The number of aromatic amines is 1. The van der Waals surface area contributed by atoms with E-state index in [0.29, 0.717) is 15.1 Å². The molecule has 1 N–H and O–H groups in total. The summed E-state index contributed by atoms with van der Waals surface area (Å²) in [7, 11) is 0. The average molecular weight is 366 g/mol. The summed E-state index contributed by atoms with van der Waals surface area (Å²) in [5, 5.41) is 0. The number of halogens is 1. The van der Waals surface area contributed by atoms with Gasteiger partial charge in [-0.1, -0.05) is 13.0 Å². The molecule has 0 aliphatic carbocycles. The van der Waals surface area contributed by atoms with Gasteiger partial charge in [-0.3, -0.25) is 4.79 Å². The summed E-state index contributed by atoms with van der Waals surface area (Å²) in [6.07, 6.45) is 4.50. The van der Waals surface area contributed by atoms with Crippen LogP contribution in [0.5, 0.6) is 0 Å². The molecule has 19 heavy (non-hydrogen) atoms. The van der Waals surface area contributed by atoms with Crippen LogP contribution < -0.4 is 5.56 Å². The second-order valence-electron chi connectivity index (χ2n) is 4.12. The van der Waals surface area contributed by atoms with E-state index in [0.717, 1.165) is 17.8 Å². The van der Waals surface area contributed by atoms with E-state index in [4.69, 9.17) is 0 Å². The zero-order valence-corrected chi connectivity index (χ0v) is 12.4. The number of rotatable bonds is 2. The number of H-pyrrole nitrogens is 1. The normalized spacial score (nSPS) is 11.1. The number of nitrogens with one attached hydrogen (secondary N) is 1. The molecular weight excluding hydrogens is 355 g/mol. The summed E-state index contributed by atoms with van der Waals surface area (Å²) in [4.78, 5) is 23.6. The topological polar surface area (TPSA) is 63.1 Å². The SMILES string of the molecule is CCc1nc(-c2cn3ccccc3n2)[nH]c(=O)c1I. The predicted molar refractivity (Wildman–Crippen MR) is 81.1 cm³/mol. The van der Waals surface area contributed by atoms with Crippen LogP contribution in [0.1, 0.15) is 12.6 Å². The van der Waals surface area contributed by atoms with Crippen molar-refractivity contribution in [2.75, 3.05) is 0 Å². The zero-order valence-electron chi connectivity index (χ0n) is 10.2. The molecule has 0 saturated heterocycles. The molecule has 0 radical (unpaired) electrons. The molecule has 0 fully saturated rings. The maximum atomic E-state index is 11.9. The molecule has 5 nitrogen and oxygen atoms in total. The van der Waals surface area contributed by atoms with Gasteiger partial charge in [0.1, 0.15) is 11.3 Å². The molecule has 0 aromatic carbocycles. The Morgan fingerprint density at radius 1 is 1.37 bits per heavy atom. The van der Waals surface area contributed by atoms with Gasteiger partial charge in [0.15, 0.2) is 5.82 Å². The third kappa shape index (κ3) is 2.16. The first kappa shape index (κ1) is 12.3. The number of hydrogen-bond donors (Lipinski definition) is 1. The molecule has 96 valence electrons. The highest BCUT2D eigenvalue weighted by molar-refractivity contribution is 14.1. The summed E-state index contributed by atoms with van der Waals surface area (Å²) in [5.74, 6) is 0.519. The molecule has 0 spiro atoms. The van der Waals surface area contributed by atoms with E-state index >= 15 is 0 Å². The molecule has 0 aliphatic rings. The van der Waals surface area contributed by atoms with Crippen LogP contribution in [0.15, 0.2) is 35.4 Å². The van der Waals surface area contributed by atoms with E-state index in [-0.39, 0.29) is 5.56 Å². The number of imidazole rings is 1. The Kier molecular flexibility index (Phi) is 3.09.